The summed E-state index contributed by atoms with van der Waals surface area (Å²) in [6.45, 7) is 2.88. The van der Waals surface area contributed by atoms with Gasteiger partial charge in [0.05, 0.1) is 13.7 Å². The molecule has 1 atom stereocenters. The van der Waals surface area contributed by atoms with Crippen LogP contribution in [-0.2, 0) is 11.3 Å². The van der Waals surface area contributed by atoms with Gasteiger partial charge in [-0.05, 0) is 43.0 Å². The fourth-order valence-electron chi connectivity index (χ4n) is 1.92. The molecule has 0 aliphatic heterocycles. The van der Waals surface area contributed by atoms with Gasteiger partial charge in [0.15, 0.2) is 11.5 Å². The van der Waals surface area contributed by atoms with Gasteiger partial charge in [-0.1, -0.05) is 15.9 Å². The monoisotopic (exact) mass is 391 g/mol. The van der Waals surface area contributed by atoms with Crippen LogP contribution in [0.3, 0.4) is 0 Å². The van der Waals surface area contributed by atoms with E-state index in [9.17, 15) is 9.90 Å². The molecule has 124 valence electrons. The normalized spacial score (nSPS) is 12.0. The number of hydrogen-bond acceptors (Lipinski definition) is 5. The summed E-state index contributed by atoms with van der Waals surface area (Å²) in [5.74, 6) is 1.28. The lowest BCUT2D eigenvalue weighted by molar-refractivity contribution is -0.139. The van der Waals surface area contributed by atoms with E-state index >= 15 is 0 Å². The van der Waals surface area contributed by atoms with Crippen molar-refractivity contribution < 1.29 is 19.4 Å². The van der Waals surface area contributed by atoms with Gasteiger partial charge in [0.1, 0.15) is 6.04 Å². The van der Waals surface area contributed by atoms with Crippen LogP contribution in [0, 0.1) is 0 Å². The van der Waals surface area contributed by atoms with Gasteiger partial charge in [0.25, 0.3) is 0 Å². The molecule has 1 aromatic rings. The number of benzene rings is 1. The summed E-state index contributed by atoms with van der Waals surface area (Å²) in [6.07, 6.45) is 2.55. The van der Waals surface area contributed by atoms with Crippen LogP contribution in [0.4, 0.5) is 0 Å². The van der Waals surface area contributed by atoms with Gasteiger partial charge < -0.3 is 19.9 Å². The van der Waals surface area contributed by atoms with Gasteiger partial charge in [0, 0.05) is 11.0 Å². The van der Waals surface area contributed by atoms with E-state index in [1.165, 1.54) is 0 Å². The molecule has 0 radical (unpaired) electrons. The van der Waals surface area contributed by atoms with Gasteiger partial charge in [-0.25, -0.2) is 0 Å². The SMILES string of the molecule is CCOc1cc(CNC(CCSC)C(=O)O)c(Br)cc1OC. The average molecular weight is 392 g/mol. The van der Waals surface area contributed by atoms with Crippen LogP contribution in [0.25, 0.3) is 0 Å². The first-order valence-electron chi connectivity index (χ1n) is 6.97. The molecule has 2 N–H and O–H groups in total. The van der Waals surface area contributed by atoms with Crippen LogP contribution >= 0.6 is 27.7 Å². The minimum atomic E-state index is -0.830. The number of rotatable bonds is 10. The second-order valence-electron chi connectivity index (χ2n) is 4.58. The third-order valence-corrected chi connectivity index (χ3v) is 4.46. The summed E-state index contributed by atoms with van der Waals surface area (Å²) in [7, 11) is 1.59. The van der Waals surface area contributed by atoms with Crippen molar-refractivity contribution >= 4 is 33.7 Å². The topological polar surface area (TPSA) is 67.8 Å². The van der Waals surface area contributed by atoms with Gasteiger partial charge in [0.2, 0.25) is 0 Å². The van der Waals surface area contributed by atoms with Gasteiger partial charge in [-0.2, -0.15) is 11.8 Å². The molecule has 0 saturated heterocycles. The maximum Gasteiger partial charge on any atom is 0.320 e. The number of carboxylic acids is 1. The number of aliphatic carboxylic acids is 1. The second-order valence-corrected chi connectivity index (χ2v) is 6.42. The molecule has 1 unspecified atom stereocenters. The minimum absolute atomic E-state index is 0.440. The zero-order valence-corrected chi connectivity index (χ0v) is 15.4. The molecule has 0 spiro atoms. The van der Waals surface area contributed by atoms with Gasteiger partial charge in [-0.3, -0.25) is 4.79 Å². The summed E-state index contributed by atoms with van der Waals surface area (Å²) < 4.78 is 11.7. The van der Waals surface area contributed by atoms with E-state index in [1.54, 1.807) is 18.9 Å². The molecular weight excluding hydrogens is 370 g/mol. The molecule has 0 aliphatic carbocycles. The highest BCUT2D eigenvalue weighted by atomic mass is 79.9. The Bertz CT molecular complexity index is 499. The number of thioether (sulfide) groups is 1. The van der Waals surface area contributed by atoms with Crippen molar-refractivity contribution in [3.05, 3.63) is 22.2 Å². The lowest BCUT2D eigenvalue weighted by atomic mass is 10.1. The molecule has 0 aliphatic rings. The van der Waals surface area contributed by atoms with Crippen LogP contribution in [0.5, 0.6) is 11.5 Å². The Morgan fingerprint density at radius 2 is 2.18 bits per heavy atom. The van der Waals surface area contributed by atoms with Crippen LogP contribution in [0.2, 0.25) is 0 Å². The lowest BCUT2D eigenvalue weighted by Gasteiger charge is -2.16. The first kappa shape index (κ1) is 19.1. The molecule has 0 saturated carbocycles. The Kier molecular flexibility index (Phi) is 8.67. The van der Waals surface area contributed by atoms with Crippen molar-refractivity contribution in [2.45, 2.75) is 25.9 Å². The maximum absolute atomic E-state index is 11.3. The molecule has 0 fully saturated rings. The minimum Gasteiger partial charge on any atom is -0.493 e. The van der Waals surface area contributed by atoms with Gasteiger partial charge >= 0.3 is 5.97 Å². The van der Waals surface area contributed by atoms with Gasteiger partial charge in [-0.15, -0.1) is 0 Å². The number of carbonyl (C=O) groups is 1. The number of ether oxygens (including phenoxy) is 2. The Balaban J connectivity index is 2.83. The fraction of sp³-hybridized carbons (Fsp3) is 0.533. The summed E-state index contributed by atoms with van der Waals surface area (Å²) >= 11 is 5.12. The average Bonchev–Trinajstić information content (AvgIpc) is 2.49. The summed E-state index contributed by atoms with van der Waals surface area (Å²) in [5.41, 5.74) is 0.930. The number of methoxy groups -OCH3 is 1. The van der Waals surface area contributed by atoms with E-state index in [1.807, 2.05) is 25.3 Å². The molecule has 1 aromatic carbocycles. The Hall–Kier alpha value is -0.920. The molecule has 7 heteroatoms. The van der Waals surface area contributed by atoms with Crippen molar-refractivity contribution in [2.75, 3.05) is 25.7 Å². The molecule has 0 heterocycles. The van der Waals surface area contributed by atoms with Crippen LogP contribution < -0.4 is 14.8 Å². The third kappa shape index (κ3) is 5.70. The fourth-order valence-corrected chi connectivity index (χ4v) is 2.86. The van der Waals surface area contributed by atoms with E-state index < -0.39 is 12.0 Å². The molecule has 0 bridgehead atoms. The highest BCUT2D eigenvalue weighted by Crippen LogP contribution is 2.33. The maximum atomic E-state index is 11.3. The number of nitrogens with one attached hydrogen (secondary N) is 1. The van der Waals surface area contributed by atoms with E-state index in [0.717, 1.165) is 15.8 Å². The zero-order valence-electron chi connectivity index (χ0n) is 13.0. The van der Waals surface area contributed by atoms with E-state index in [2.05, 4.69) is 21.2 Å². The summed E-state index contributed by atoms with van der Waals surface area (Å²) in [4.78, 5) is 11.3. The molecule has 1 rings (SSSR count). The smallest absolute Gasteiger partial charge is 0.320 e. The Morgan fingerprint density at radius 3 is 2.73 bits per heavy atom. The lowest BCUT2D eigenvalue weighted by Crippen LogP contribution is -2.36. The van der Waals surface area contributed by atoms with Crippen LogP contribution in [0.1, 0.15) is 18.9 Å². The summed E-state index contributed by atoms with van der Waals surface area (Å²) in [5, 5.41) is 12.3. The highest BCUT2D eigenvalue weighted by molar-refractivity contribution is 9.10. The molecule has 22 heavy (non-hydrogen) atoms. The first-order chi connectivity index (χ1) is 10.5. The Morgan fingerprint density at radius 1 is 1.45 bits per heavy atom. The quantitative estimate of drug-likeness (QED) is 0.638. The first-order valence-corrected chi connectivity index (χ1v) is 9.16. The predicted octanol–water partition coefficient (Wildman–Crippen LogP) is 3.15. The molecule has 0 aromatic heterocycles. The number of halogens is 1. The third-order valence-electron chi connectivity index (χ3n) is 3.08. The Labute approximate surface area is 143 Å². The number of carboxylic acid groups (broad SMARTS) is 1. The molecule has 0 amide bonds. The van der Waals surface area contributed by atoms with Crippen molar-refractivity contribution in [3.8, 4) is 11.5 Å². The van der Waals surface area contributed by atoms with Crippen LogP contribution in [0.15, 0.2) is 16.6 Å². The van der Waals surface area contributed by atoms with E-state index in [0.29, 0.717) is 31.1 Å². The van der Waals surface area contributed by atoms with Crippen molar-refractivity contribution in [2.24, 2.45) is 0 Å². The molecular formula is C15H22BrNO4S. The van der Waals surface area contributed by atoms with E-state index in [4.69, 9.17) is 9.47 Å². The van der Waals surface area contributed by atoms with Crippen LogP contribution in [-0.4, -0.2) is 42.8 Å². The van der Waals surface area contributed by atoms with Crippen molar-refractivity contribution in [3.63, 3.8) is 0 Å². The summed E-state index contributed by atoms with van der Waals surface area (Å²) in [6, 6.07) is 3.14. The largest absolute Gasteiger partial charge is 0.493 e. The second kappa shape index (κ2) is 9.97. The van der Waals surface area contributed by atoms with E-state index in [-0.39, 0.29) is 0 Å². The van der Waals surface area contributed by atoms with Crippen molar-refractivity contribution in [1.82, 2.24) is 5.32 Å². The predicted molar refractivity (Wildman–Crippen MR) is 93.1 cm³/mol. The molecule has 5 nitrogen and oxygen atoms in total. The standard InChI is InChI=1S/C15H22BrNO4S/c1-4-21-14-7-10(11(16)8-13(14)20-2)9-17-12(15(18)19)5-6-22-3/h7-8,12,17H,4-6,9H2,1-3H3,(H,18,19). The van der Waals surface area contributed by atoms with Crippen molar-refractivity contribution in [1.29, 1.82) is 0 Å². The zero-order chi connectivity index (χ0) is 16.5. The highest BCUT2D eigenvalue weighted by Gasteiger charge is 2.17. The number of hydrogen-bond donors (Lipinski definition) is 2.